The molecule has 2 aromatic rings. The second-order valence-electron chi connectivity index (χ2n) is 6.99. The first kappa shape index (κ1) is 24.8. The summed E-state index contributed by atoms with van der Waals surface area (Å²) < 4.78 is 16.2. The van der Waals surface area contributed by atoms with E-state index >= 15 is 0 Å². The fourth-order valence-corrected chi connectivity index (χ4v) is 3.29. The molecule has 8 nitrogen and oxygen atoms in total. The molecular formula is C24H34N4O4. The van der Waals surface area contributed by atoms with Gasteiger partial charge in [-0.05, 0) is 49.2 Å². The summed E-state index contributed by atoms with van der Waals surface area (Å²) in [7, 11) is 6.48. The van der Waals surface area contributed by atoms with Crippen molar-refractivity contribution in [3.63, 3.8) is 0 Å². The van der Waals surface area contributed by atoms with Gasteiger partial charge in [0.15, 0.2) is 17.5 Å². The van der Waals surface area contributed by atoms with E-state index in [1.54, 1.807) is 28.4 Å². The first-order valence-electron chi connectivity index (χ1n) is 10.6. The monoisotopic (exact) mass is 442 g/mol. The number of nitrogens with one attached hydrogen (secondary N) is 2. The SMILES string of the molecule is CCN(CC)C(=O)c1ccc(CNC(=NC)NCc2cc(OC)c(OC)c(OC)c2)cc1. The van der Waals surface area contributed by atoms with Crippen LogP contribution >= 0.6 is 0 Å². The topological polar surface area (TPSA) is 84.4 Å². The molecule has 0 fully saturated rings. The predicted molar refractivity (Wildman–Crippen MR) is 127 cm³/mol. The number of carbonyl (C=O) groups is 1. The highest BCUT2D eigenvalue weighted by atomic mass is 16.5. The molecule has 0 saturated carbocycles. The maximum atomic E-state index is 12.4. The largest absolute Gasteiger partial charge is 0.493 e. The Kier molecular flexibility index (Phi) is 9.66. The molecular weight excluding hydrogens is 408 g/mol. The molecule has 174 valence electrons. The minimum atomic E-state index is 0.0531. The van der Waals surface area contributed by atoms with E-state index in [9.17, 15) is 4.79 Å². The number of nitrogens with zero attached hydrogens (tertiary/aromatic N) is 2. The molecule has 0 atom stereocenters. The van der Waals surface area contributed by atoms with Crippen LogP contribution in [0.3, 0.4) is 0 Å². The van der Waals surface area contributed by atoms with Gasteiger partial charge in [0, 0.05) is 38.8 Å². The van der Waals surface area contributed by atoms with Crippen LogP contribution in [0, 0.1) is 0 Å². The summed E-state index contributed by atoms with van der Waals surface area (Å²) in [5, 5.41) is 6.57. The first-order valence-corrected chi connectivity index (χ1v) is 10.6. The third-order valence-electron chi connectivity index (χ3n) is 5.12. The lowest BCUT2D eigenvalue weighted by Gasteiger charge is -2.18. The third-order valence-corrected chi connectivity index (χ3v) is 5.12. The van der Waals surface area contributed by atoms with Crippen molar-refractivity contribution in [2.45, 2.75) is 26.9 Å². The highest BCUT2D eigenvalue weighted by molar-refractivity contribution is 5.94. The van der Waals surface area contributed by atoms with Crippen molar-refractivity contribution < 1.29 is 19.0 Å². The number of hydrogen-bond acceptors (Lipinski definition) is 5. The smallest absolute Gasteiger partial charge is 0.253 e. The van der Waals surface area contributed by atoms with Gasteiger partial charge >= 0.3 is 0 Å². The Morgan fingerprint density at radius 2 is 1.41 bits per heavy atom. The second kappa shape index (κ2) is 12.4. The maximum absolute atomic E-state index is 12.4. The molecule has 0 saturated heterocycles. The zero-order chi connectivity index (χ0) is 23.5. The summed E-state index contributed by atoms with van der Waals surface area (Å²) in [6, 6.07) is 11.4. The fraction of sp³-hybridized carbons (Fsp3) is 0.417. The van der Waals surface area contributed by atoms with Crippen LogP contribution in [0.2, 0.25) is 0 Å². The molecule has 0 aliphatic carbocycles. The third kappa shape index (κ3) is 6.29. The van der Waals surface area contributed by atoms with Crippen LogP contribution < -0.4 is 24.8 Å². The number of aliphatic imine (C=N–C) groups is 1. The van der Waals surface area contributed by atoms with Crippen LogP contribution in [0.4, 0.5) is 0 Å². The van der Waals surface area contributed by atoms with Gasteiger partial charge in [0.05, 0.1) is 21.3 Å². The quantitative estimate of drug-likeness (QED) is 0.435. The van der Waals surface area contributed by atoms with Crippen LogP contribution in [0.1, 0.15) is 35.3 Å². The van der Waals surface area contributed by atoms with Gasteiger partial charge < -0.3 is 29.7 Å². The summed E-state index contributed by atoms with van der Waals surface area (Å²) in [5.41, 5.74) is 2.71. The highest BCUT2D eigenvalue weighted by Gasteiger charge is 2.14. The Morgan fingerprint density at radius 1 is 0.875 bits per heavy atom. The van der Waals surface area contributed by atoms with Crippen LogP contribution in [0.5, 0.6) is 17.2 Å². The lowest BCUT2D eigenvalue weighted by molar-refractivity contribution is 0.0773. The Hall–Kier alpha value is -3.42. The number of methoxy groups -OCH3 is 3. The maximum Gasteiger partial charge on any atom is 0.253 e. The molecule has 0 heterocycles. The van der Waals surface area contributed by atoms with Crippen LogP contribution in [-0.2, 0) is 13.1 Å². The van der Waals surface area contributed by atoms with Crippen LogP contribution in [0.15, 0.2) is 41.4 Å². The highest BCUT2D eigenvalue weighted by Crippen LogP contribution is 2.38. The number of amides is 1. The minimum absolute atomic E-state index is 0.0531. The van der Waals surface area contributed by atoms with Gasteiger partial charge in [-0.1, -0.05) is 12.1 Å². The van der Waals surface area contributed by atoms with Crippen molar-refractivity contribution in [2.24, 2.45) is 4.99 Å². The van der Waals surface area contributed by atoms with E-state index in [1.807, 2.05) is 55.1 Å². The van der Waals surface area contributed by atoms with Gasteiger partial charge in [-0.2, -0.15) is 0 Å². The Labute approximate surface area is 190 Å². The number of rotatable bonds is 10. The van der Waals surface area contributed by atoms with Crippen LogP contribution in [-0.4, -0.2) is 58.2 Å². The standard InChI is InChI=1S/C24H34N4O4/c1-7-28(8-2)23(29)19-11-9-17(10-12-19)15-26-24(25-3)27-16-18-13-20(30-4)22(32-6)21(14-18)31-5/h9-14H,7-8,15-16H2,1-6H3,(H2,25,26,27). The van der Waals surface area contributed by atoms with E-state index in [0.717, 1.165) is 11.1 Å². The van der Waals surface area contributed by atoms with Crippen molar-refractivity contribution >= 4 is 11.9 Å². The molecule has 2 aromatic carbocycles. The number of ether oxygens (including phenoxy) is 3. The van der Waals surface area contributed by atoms with E-state index < -0.39 is 0 Å². The Bertz CT molecular complexity index is 884. The summed E-state index contributed by atoms with van der Waals surface area (Å²) in [6.45, 7) is 6.47. The molecule has 2 rings (SSSR count). The predicted octanol–water partition coefficient (Wildman–Crippen LogP) is 3.06. The molecule has 0 aromatic heterocycles. The van der Waals surface area contributed by atoms with Crippen molar-refractivity contribution in [3.05, 3.63) is 53.1 Å². The summed E-state index contributed by atoms with van der Waals surface area (Å²) in [5.74, 6) is 2.47. The van der Waals surface area contributed by atoms with E-state index in [2.05, 4.69) is 15.6 Å². The average molecular weight is 443 g/mol. The molecule has 0 aliphatic rings. The molecule has 1 amide bonds. The minimum Gasteiger partial charge on any atom is -0.493 e. The van der Waals surface area contributed by atoms with Crippen molar-refractivity contribution in [1.82, 2.24) is 15.5 Å². The fourth-order valence-electron chi connectivity index (χ4n) is 3.29. The molecule has 8 heteroatoms. The molecule has 0 unspecified atom stereocenters. The number of benzene rings is 2. The Morgan fingerprint density at radius 3 is 1.84 bits per heavy atom. The van der Waals surface area contributed by atoms with E-state index in [0.29, 0.717) is 55.0 Å². The zero-order valence-corrected chi connectivity index (χ0v) is 19.8. The van der Waals surface area contributed by atoms with Gasteiger partial charge in [-0.25, -0.2) is 0 Å². The molecule has 0 spiro atoms. The number of hydrogen-bond donors (Lipinski definition) is 2. The average Bonchev–Trinajstić information content (AvgIpc) is 2.84. The van der Waals surface area contributed by atoms with E-state index in [1.165, 1.54) is 0 Å². The normalized spacial score (nSPS) is 11.0. The first-order chi connectivity index (χ1) is 15.5. The van der Waals surface area contributed by atoms with Gasteiger partial charge in [0.1, 0.15) is 0 Å². The summed E-state index contributed by atoms with van der Waals surface area (Å²) in [4.78, 5) is 18.5. The number of carbonyl (C=O) groups excluding carboxylic acids is 1. The van der Waals surface area contributed by atoms with Gasteiger partial charge in [0.2, 0.25) is 5.75 Å². The molecule has 0 bridgehead atoms. The van der Waals surface area contributed by atoms with E-state index in [4.69, 9.17) is 14.2 Å². The van der Waals surface area contributed by atoms with Crippen LogP contribution in [0.25, 0.3) is 0 Å². The lowest BCUT2D eigenvalue weighted by Crippen LogP contribution is -2.36. The Balaban J connectivity index is 1.97. The van der Waals surface area contributed by atoms with Crippen molar-refractivity contribution in [3.8, 4) is 17.2 Å². The number of guanidine groups is 1. The van der Waals surface area contributed by atoms with E-state index in [-0.39, 0.29) is 5.91 Å². The lowest BCUT2D eigenvalue weighted by atomic mass is 10.1. The molecule has 0 radical (unpaired) electrons. The molecule has 0 aliphatic heterocycles. The summed E-state index contributed by atoms with van der Waals surface area (Å²) >= 11 is 0. The molecule has 2 N–H and O–H groups in total. The van der Waals surface area contributed by atoms with Gasteiger partial charge in [-0.3, -0.25) is 9.79 Å². The van der Waals surface area contributed by atoms with Gasteiger partial charge in [0.25, 0.3) is 5.91 Å². The molecule has 32 heavy (non-hydrogen) atoms. The zero-order valence-electron chi connectivity index (χ0n) is 19.8. The second-order valence-corrected chi connectivity index (χ2v) is 6.99. The van der Waals surface area contributed by atoms with Crippen molar-refractivity contribution in [2.75, 3.05) is 41.5 Å². The van der Waals surface area contributed by atoms with Crippen molar-refractivity contribution in [1.29, 1.82) is 0 Å². The van der Waals surface area contributed by atoms with Gasteiger partial charge in [-0.15, -0.1) is 0 Å². The summed E-state index contributed by atoms with van der Waals surface area (Å²) in [6.07, 6.45) is 0.